The molecule has 11 heavy (non-hydrogen) atoms. The number of hydrogen-bond acceptors (Lipinski definition) is 1. The van der Waals surface area contributed by atoms with Crippen molar-refractivity contribution >= 4 is 0 Å². The highest BCUT2D eigenvalue weighted by Crippen LogP contribution is 2.19. The van der Waals surface area contributed by atoms with Crippen LogP contribution in [0.4, 0.5) is 4.39 Å². The maximum absolute atomic E-state index is 12.8. The van der Waals surface area contributed by atoms with Crippen LogP contribution >= 0.6 is 0 Å². The SMILES string of the molecule is CC(C)C(N)c1[nH]ccc1F. The van der Waals surface area contributed by atoms with Crippen molar-refractivity contribution in [1.82, 2.24) is 4.98 Å². The van der Waals surface area contributed by atoms with Gasteiger partial charge in [-0.3, -0.25) is 0 Å². The lowest BCUT2D eigenvalue weighted by Crippen LogP contribution is -2.18. The number of hydrogen-bond donors (Lipinski definition) is 2. The van der Waals surface area contributed by atoms with Gasteiger partial charge in [-0.05, 0) is 12.0 Å². The first kappa shape index (κ1) is 8.27. The minimum absolute atomic E-state index is 0.231. The Morgan fingerprint density at radius 1 is 1.55 bits per heavy atom. The van der Waals surface area contributed by atoms with E-state index >= 15 is 0 Å². The summed E-state index contributed by atoms with van der Waals surface area (Å²) in [6, 6.07) is 1.15. The molecule has 3 N–H and O–H groups in total. The van der Waals surface area contributed by atoms with Gasteiger partial charge in [-0.15, -0.1) is 0 Å². The van der Waals surface area contributed by atoms with Crippen LogP contribution in [-0.4, -0.2) is 4.98 Å². The molecule has 1 atom stereocenters. The summed E-state index contributed by atoms with van der Waals surface area (Å²) in [5.41, 5.74) is 6.21. The molecule has 1 aromatic rings. The molecule has 0 aliphatic heterocycles. The molecule has 0 amide bonds. The van der Waals surface area contributed by atoms with Crippen molar-refractivity contribution in [2.24, 2.45) is 11.7 Å². The van der Waals surface area contributed by atoms with E-state index in [0.717, 1.165) is 0 Å². The number of H-pyrrole nitrogens is 1. The van der Waals surface area contributed by atoms with Gasteiger partial charge < -0.3 is 10.7 Å². The van der Waals surface area contributed by atoms with Crippen molar-refractivity contribution in [3.05, 3.63) is 23.8 Å². The van der Waals surface area contributed by atoms with Crippen molar-refractivity contribution in [3.8, 4) is 0 Å². The molecule has 0 bridgehead atoms. The highest BCUT2D eigenvalue weighted by atomic mass is 19.1. The fourth-order valence-corrected chi connectivity index (χ4v) is 0.952. The highest BCUT2D eigenvalue weighted by molar-refractivity contribution is 5.12. The summed E-state index contributed by atoms with van der Waals surface area (Å²) in [4.78, 5) is 2.79. The number of nitrogens with one attached hydrogen (secondary N) is 1. The van der Waals surface area contributed by atoms with Crippen LogP contribution in [0.1, 0.15) is 25.6 Å². The first-order chi connectivity index (χ1) is 5.13. The number of halogens is 1. The van der Waals surface area contributed by atoms with Gasteiger partial charge in [0.25, 0.3) is 0 Å². The van der Waals surface area contributed by atoms with E-state index in [-0.39, 0.29) is 17.8 Å². The molecular formula is C8H13FN2. The molecule has 0 radical (unpaired) electrons. The molecule has 0 aliphatic rings. The Labute approximate surface area is 65.6 Å². The smallest absolute Gasteiger partial charge is 0.145 e. The standard InChI is InChI=1S/C8H13FN2/c1-5(2)7(10)8-6(9)3-4-11-8/h3-5,7,11H,10H2,1-2H3. The third-order valence-corrected chi connectivity index (χ3v) is 1.78. The lowest BCUT2D eigenvalue weighted by molar-refractivity contribution is 0.477. The van der Waals surface area contributed by atoms with Crippen molar-refractivity contribution < 1.29 is 4.39 Å². The Morgan fingerprint density at radius 2 is 2.18 bits per heavy atom. The molecule has 0 saturated heterocycles. The van der Waals surface area contributed by atoms with Gasteiger partial charge in [0, 0.05) is 6.20 Å². The third kappa shape index (κ3) is 1.60. The van der Waals surface area contributed by atoms with Gasteiger partial charge in [0.2, 0.25) is 0 Å². The second kappa shape index (κ2) is 3.05. The van der Waals surface area contributed by atoms with Crippen LogP contribution in [0, 0.1) is 11.7 Å². The zero-order valence-corrected chi connectivity index (χ0v) is 6.76. The fourth-order valence-electron chi connectivity index (χ4n) is 0.952. The predicted octanol–water partition coefficient (Wildman–Crippen LogP) is 1.81. The molecule has 1 aromatic heterocycles. The normalized spacial score (nSPS) is 13.9. The maximum Gasteiger partial charge on any atom is 0.145 e. The second-order valence-corrected chi connectivity index (χ2v) is 3.01. The Kier molecular flexibility index (Phi) is 2.29. The van der Waals surface area contributed by atoms with Crippen molar-refractivity contribution in [1.29, 1.82) is 0 Å². The predicted molar refractivity (Wildman–Crippen MR) is 42.5 cm³/mol. The highest BCUT2D eigenvalue weighted by Gasteiger charge is 2.15. The number of nitrogens with two attached hydrogens (primary N) is 1. The van der Waals surface area contributed by atoms with Gasteiger partial charge in [-0.2, -0.15) is 0 Å². The van der Waals surface area contributed by atoms with E-state index in [4.69, 9.17) is 5.73 Å². The monoisotopic (exact) mass is 156 g/mol. The van der Waals surface area contributed by atoms with E-state index in [2.05, 4.69) is 4.98 Å². The lowest BCUT2D eigenvalue weighted by Gasteiger charge is -2.13. The Morgan fingerprint density at radius 3 is 2.55 bits per heavy atom. The van der Waals surface area contributed by atoms with Crippen LogP contribution in [-0.2, 0) is 0 Å². The molecule has 0 fully saturated rings. The molecule has 0 spiro atoms. The van der Waals surface area contributed by atoms with Gasteiger partial charge in [0.1, 0.15) is 5.82 Å². The van der Waals surface area contributed by atoms with Gasteiger partial charge in [0.05, 0.1) is 11.7 Å². The van der Waals surface area contributed by atoms with Crippen molar-refractivity contribution in [3.63, 3.8) is 0 Å². The van der Waals surface area contributed by atoms with Crippen LogP contribution < -0.4 is 5.73 Å². The van der Waals surface area contributed by atoms with Crippen LogP contribution in [0.15, 0.2) is 12.3 Å². The summed E-state index contributed by atoms with van der Waals surface area (Å²) in [5, 5.41) is 0. The molecule has 2 nitrogen and oxygen atoms in total. The summed E-state index contributed by atoms with van der Waals surface area (Å²) in [7, 11) is 0. The maximum atomic E-state index is 12.8. The first-order valence-electron chi connectivity index (χ1n) is 3.71. The summed E-state index contributed by atoms with van der Waals surface area (Å²) in [6.45, 7) is 3.93. The lowest BCUT2D eigenvalue weighted by atomic mass is 10.0. The minimum atomic E-state index is -0.244. The van der Waals surface area contributed by atoms with Gasteiger partial charge in [0.15, 0.2) is 0 Å². The van der Waals surface area contributed by atoms with E-state index in [9.17, 15) is 4.39 Å². The molecule has 1 heterocycles. The summed E-state index contributed by atoms with van der Waals surface area (Å²) < 4.78 is 12.8. The Balaban J connectivity index is 2.84. The van der Waals surface area contributed by atoms with Crippen molar-refractivity contribution in [2.45, 2.75) is 19.9 Å². The van der Waals surface area contributed by atoms with Crippen LogP contribution in [0.5, 0.6) is 0 Å². The van der Waals surface area contributed by atoms with Crippen LogP contribution in [0.3, 0.4) is 0 Å². The Hall–Kier alpha value is -0.830. The quantitative estimate of drug-likeness (QED) is 0.673. The van der Waals surface area contributed by atoms with Crippen molar-refractivity contribution in [2.75, 3.05) is 0 Å². The first-order valence-corrected chi connectivity index (χ1v) is 3.71. The summed E-state index contributed by atoms with van der Waals surface area (Å²) in [6.07, 6.45) is 1.56. The zero-order valence-electron chi connectivity index (χ0n) is 6.76. The zero-order chi connectivity index (χ0) is 8.43. The Bertz CT molecular complexity index is 230. The number of aromatic amines is 1. The molecule has 0 aromatic carbocycles. The molecule has 0 saturated carbocycles. The molecule has 1 rings (SSSR count). The van der Waals surface area contributed by atoms with Gasteiger partial charge in [-0.25, -0.2) is 4.39 Å². The van der Waals surface area contributed by atoms with E-state index in [1.165, 1.54) is 6.07 Å². The molecule has 1 unspecified atom stereocenters. The summed E-state index contributed by atoms with van der Waals surface area (Å²) >= 11 is 0. The van der Waals surface area contributed by atoms with Gasteiger partial charge >= 0.3 is 0 Å². The molecule has 0 aliphatic carbocycles. The minimum Gasteiger partial charge on any atom is -0.361 e. The number of rotatable bonds is 2. The third-order valence-electron chi connectivity index (χ3n) is 1.78. The molecule has 62 valence electrons. The van der Waals surface area contributed by atoms with Crippen LogP contribution in [0.2, 0.25) is 0 Å². The average molecular weight is 156 g/mol. The van der Waals surface area contributed by atoms with E-state index in [0.29, 0.717) is 5.69 Å². The summed E-state index contributed by atoms with van der Waals surface area (Å²) in [5.74, 6) is 0.00866. The van der Waals surface area contributed by atoms with E-state index < -0.39 is 0 Å². The fraction of sp³-hybridized carbons (Fsp3) is 0.500. The molecule has 3 heteroatoms. The van der Waals surface area contributed by atoms with Gasteiger partial charge in [-0.1, -0.05) is 13.8 Å². The number of aromatic nitrogens is 1. The van der Waals surface area contributed by atoms with E-state index in [1.807, 2.05) is 13.8 Å². The second-order valence-electron chi connectivity index (χ2n) is 3.01. The topological polar surface area (TPSA) is 41.8 Å². The van der Waals surface area contributed by atoms with Crippen LogP contribution in [0.25, 0.3) is 0 Å². The average Bonchev–Trinajstić information content (AvgIpc) is 2.33. The van der Waals surface area contributed by atoms with E-state index in [1.54, 1.807) is 6.20 Å². The molecular weight excluding hydrogens is 143 g/mol. The largest absolute Gasteiger partial charge is 0.361 e.